The molecule has 61 heavy (non-hydrogen) atoms. The highest BCUT2D eigenvalue weighted by molar-refractivity contribution is 6.11. The third-order valence-electron chi connectivity index (χ3n) is 11.0. The number of fused-ring (bicyclic) bond motifs is 3. The lowest BCUT2D eigenvalue weighted by Crippen LogP contribution is -2.11. The van der Waals surface area contributed by atoms with Crippen molar-refractivity contribution in [1.82, 2.24) is 14.5 Å². The molecule has 0 N–H and O–H groups in total. The van der Waals surface area contributed by atoms with Crippen LogP contribution in [-0.4, -0.2) is 14.5 Å². The van der Waals surface area contributed by atoms with E-state index in [9.17, 15) is 0 Å². The van der Waals surface area contributed by atoms with Gasteiger partial charge >= 0.3 is 12.4 Å². The Hall–Kier alpha value is -7.00. The lowest BCUT2D eigenvalue weighted by molar-refractivity contribution is -0.137. The van der Waals surface area contributed by atoms with Crippen molar-refractivity contribution in [2.45, 2.75) is 38.5 Å². The van der Waals surface area contributed by atoms with E-state index < -0.39 is 23.5 Å². The Kier molecular flexibility index (Phi) is 9.65. The third kappa shape index (κ3) is 7.34. The number of alkyl halides is 6. The molecule has 0 fully saturated rings. The largest absolute Gasteiger partial charge is 0.417 e. The number of hydrogen-bond donors (Lipinski definition) is 0. The summed E-state index contributed by atoms with van der Waals surface area (Å²) in [6.07, 6.45) is -9.64. The topological polar surface area (TPSA) is 30.7 Å². The molecule has 0 aliphatic carbocycles. The van der Waals surface area contributed by atoms with Gasteiger partial charge in [0.05, 0.1) is 39.2 Å². The minimum absolute atomic E-state index is 0.0509. The molecule has 9 aromatic rings. The van der Waals surface area contributed by atoms with Gasteiger partial charge in [0.15, 0.2) is 5.82 Å². The minimum Gasteiger partial charge on any atom is -0.308 e. The molecule has 9 rings (SSSR count). The minimum atomic E-state index is -4.82. The fraction of sp³-hybridized carbons (Fsp3) is 0.115. The molecule has 0 spiro atoms. The van der Waals surface area contributed by atoms with Crippen LogP contribution in [-0.2, 0) is 17.8 Å². The molecule has 2 aromatic heterocycles. The van der Waals surface area contributed by atoms with Gasteiger partial charge in [-0.1, -0.05) is 142 Å². The van der Waals surface area contributed by atoms with E-state index in [0.29, 0.717) is 22.4 Å². The van der Waals surface area contributed by atoms with Crippen molar-refractivity contribution in [2.75, 3.05) is 0 Å². The van der Waals surface area contributed by atoms with E-state index in [1.807, 2.05) is 108 Å². The highest BCUT2D eigenvalue weighted by Gasteiger charge is 2.37. The van der Waals surface area contributed by atoms with Crippen molar-refractivity contribution >= 4 is 21.8 Å². The molecule has 0 aliphatic heterocycles. The van der Waals surface area contributed by atoms with Gasteiger partial charge in [0.2, 0.25) is 0 Å². The van der Waals surface area contributed by atoms with E-state index in [4.69, 9.17) is 9.97 Å². The van der Waals surface area contributed by atoms with E-state index in [-0.39, 0.29) is 44.7 Å². The van der Waals surface area contributed by atoms with Gasteiger partial charge in [-0.3, -0.25) is 0 Å². The van der Waals surface area contributed by atoms with Crippen LogP contribution in [0.3, 0.4) is 0 Å². The Morgan fingerprint density at radius 1 is 0.410 bits per heavy atom. The molecule has 9 heteroatoms. The molecule has 0 aliphatic rings. The average molecular weight is 818 g/mol. The molecule has 0 bridgehead atoms. The fourth-order valence-electron chi connectivity index (χ4n) is 8.12. The van der Waals surface area contributed by atoms with E-state index in [1.165, 1.54) is 36.4 Å². The smallest absolute Gasteiger partial charge is 0.308 e. The van der Waals surface area contributed by atoms with Crippen molar-refractivity contribution in [3.05, 3.63) is 187 Å². The zero-order chi connectivity index (χ0) is 42.7. The molecule has 0 atom stereocenters. The van der Waals surface area contributed by atoms with Gasteiger partial charge in [-0.25, -0.2) is 9.97 Å². The maximum absolute atomic E-state index is 15.2. The number of aromatic nitrogens is 3. The van der Waals surface area contributed by atoms with E-state index in [1.54, 1.807) is 12.1 Å². The van der Waals surface area contributed by atoms with Gasteiger partial charge < -0.3 is 4.57 Å². The quantitative estimate of drug-likeness (QED) is 0.157. The molecule has 0 saturated heterocycles. The van der Waals surface area contributed by atoms with E-state index in [2.05, 4.69) is 26.8 Å². The maximum atomic E-state index is 15.2. The van der Waals surface area contributed by atoms with Crippen molar-refractivity contribution in [1.29, 1.82) is 0 Å². The SMILES string of the molecule is CC(C)(C)c1ccc2c(c1)c1ccccc1n2-c1c(-c2ccccc2C(F)(F)F)cc(-c2nc(-c3ccccc3)cc(-c3ccccc3)n2)cc1-c1ccccc1C(F)(F)F. The first kappa shape index (κ1) is 39.5. The number of hydrogen-bond acceptors (Lipinski definition) is 2. The van der Waals surface area contributed by atoms with Crippen LogP contribution >= 0.6 is 0 Å². The highest BCUT2D eigenvalue weighted by atomic mass is 19.4. The van der Waals surface area contributed by atoms with E-state index >= 15 is 26.3 Å². The molecule has 0 radical (unpaired) electrons. The van der Waals surface area contributed by atoms with Crippen LogP contribution in [0.5, 0.6) is 0 Å². The van der Waals surface area contributed by atoms with Crippen LogP contribution in [0.4, 0.5) is 26.3 Å². The van der Waals surface area contributed by atoms with Crippen molar-refractivity contribution in [3.63, 3.8) is 0 Å². The average Bonchev–Trinajstić information content (AvgIpc) is 3.59. The second kappa shape index (κ2) is 14.9. The summed E-state index contributed by atoms with van der Waals surface area (Å²) in [4.78, 5) is 9.95. The molecular formula is C52H37F6N3. The molecular weight excluding hydrogens is 781 g/mol. The Labute approximate surface area is 348 Å². The van der Waals surface area contributed by atoms with Gasteiger partial charge in [-0.05, 0) is 70.6 Å². The van der Waals surface area contributed by atoms with Crippen molar-refractivity contribution in [2.24, 2.45) is 0 Å². The summed E-state index contributed by atoms with van der Waals surface area (Å²) in [5.74, 6) is 0.125. The van der Waals surface area contributed by atoms with Gasteiger partial charge in [0.25, 0.3) is 0 Å². The molecule has 7 aromatic carbocycles. The number of rotatable bonds is 6. The number of para-hydroxylation sites is 1. The summed E-state index contributed by atoms with van der Waals surface area (Å²) in [5.41, 5.74) is 2.74. The summed E-state index contributed by atoms with van der Waals surface area (Å²) in [6.45, 7) is 6.26. The van der Waals surface area contributed by atoms with Crippen molar-refractivity contribution in [3.8, 4) is 61.8 Å². The number of halogens is 6. The number of nitrogens with zero attached hydrogens (tertiary/aromatic N) is 3. The van der Waals surface area contributed by atoms with Crippen molar-refractivity contribution < 1.29 is 26.3 Å². The zero-order valence-corrected chi connectivity index (χ0v) is 33.3. The summed E-state index contributed by atoms with van der Waals surface area (Å²) < 4.78 is 93.2. The fourth-order valence-corrected chi connectivity index (χ4v) is 8.12. The van der Waals surface area contributed by atoms with Gasteiger partial charge in [-0.2, -0.15) is 26.3 Å². The van der Waals surface area contributed by atoms with Crippen LogP contribution in [0.1, 0.15) is 37.5 Å². The Morgan fingerprint density at radius 3 is 1.38 bits per heavy atom. The maximum Gasteiger partial charge on any atom is 0.417 e. The summed E-state index contributed by atoms with van der Waals surface area (Å²) in [6, 6.07) is 47.5. The van der Waals surface area contributed by atoms with Crippen LogP contribution in [0.2, 0.25) is 0 Å². The zero-order valence-electron chi connectivity index (χ0n) is 33.3. The predicted octanol–water partition coefficient (Wildman–Crippen LogP) is 15.2. The van der Waals surface area contributed by atoms with Gasteiger partial charge in [0.1, 0.15) is 0 Å². The standard InChI is InChI=1S/C52H37F6N3/c1-50(2,3)35-26-27-47-39(30-35)38-22-12-15-25-46(38)61(47)48-40(36-20-10-13-23-42(36)51(53,54)55)28-34(29-41(48)37-21-11-14-24-43(37)52(56,57)58)49-59-44(32-16-6-4-7-17-32)31-45(60-49)33-18-8-5-9-19-33/h4-31H,1-3H3. The van der Waals surface area contributed by atoms with E-state index in [0.717, 1.165) is 39.6 Å². The Morgan fingerprint density at radius 2 is 0.869 bits per heavy atom. The van der Waals surface area contributed by atoms with Crippen LogP contribution in [0.25, 0.3) is 83.6 Å². The molecule has 2 heterocycles. The molecule has 3 nitrogen and oxygen atoms in total. The van der Waals surface area contributed by atoms with Crippen LogP contribution in [0, 0.1) is 0 Å². The normalized spacial score (nSPS) is 12.3. The first-order valence-electron chi connectivity index (χ1n) is 19.7. The molecule has 0 amide bonds. The second-order valence-corrected chi connectivity index (χ2v) is 16.0. The monoisotopic (exact) mass is 817 g/mol. The summed E-state index contributed by atoms with van der Waals surface area (Å²) in [7, 11) is 0. The summed E-state index contributed by atoms with van der Waals surface area (Å²) >= 11 is 0. The molecule has 0 saturated carbocycles. The Balaban J connectivity index is 1.48. The first-order chi connectivity index (χ1) is 29.2. The van der Waals surface area contributed by atoms with Gasteiger partial charge in [0, 0.05) is 38.6 Å². The van der Waals surface area contributed by atoms with Crippen LogP contribution in [0.15, 0.2) is 170 Å². The predicted molar refractivity (Wildman–Crippen MR) is 232 cm³/mol. The first-order valence-corrected chi connectivity index (χ1v) is 19.7. The highest BCUT2D eigenvalue weighted by Crippen LogP contribution is 2.49. The van der Waals surface area contributed by atoms with Crippen LogP contribution < -0.4 is 0 Å². The molecule has 302 valence electrons. The lowest BCUT2D eigenvalue weighted by atomic mass is 9.86. The van der Waals surface area contributed by atoms with Gasteiger partial charge in [-0.15, -0.1) is 0 Å². The molecule has 0 unspecified atom stereocenters. The Bertz CT molecular complexity index is 2950. The lowest BCUT2D eigenvalue weighted by Gasteiger charge is -2.24. The third-order valence-corrected chi connectivity index (χ3v) is 11.0. The number of benzene rings is 7. The second-order valence-electron chi connectivity index (χ2n) is 16.0. The summed E-state index contributed by atoms with van der Waals surface area (Å²) in [5, 5.41) is 1.60.